The van der Waals surface area contributed by atoms with Crippen LogP contribution in [0.4, 0.5) is 0 Å². The number of benzene rings is 1. The molecule has 0 bridgehead atoms. The van der Waals surface area contributed by atoms with E-state index in [0.29, 0.717) is 18.5 Å². The van der Waals surface area contributed by atoms with E-state index >= 15 is 0 Å². The lowest BCUT2D eigenvalue weighted by Crippen LogP contribution is -2.27. The molecule has 1 aromatic rings. The molecule has 3 nitrogen and oxygen atoms in total. The summed E-state index contributed by atoms with van der Waals surface area (Å²) in [6.07, 6.45) is 0.988. The third-order valence-corrected chi connectivity index (χ3v) is 3.25. The lowest BCUT2D eigenvalue weighted by molar-refractivity contribution is 0.0942. The van der Waals surface area contributed by atoms with Gasteiger partial charge in [-0.25, -0.2) is 0 Å². The van der Waals surface area contributed by atoms with Crippen LogP contribution in [0, 0.1) is 0 Å². The van der Waals surface area contributed by atoms with E-state index in [4.69, 9.17) is 0 Å². The molecule has 106 valence electrons. The maximum atomic E-state index is 11.9. The van der Waals surface area contributed by atoms with Crippen LogP contribution < -0.4 is 5.32 Å². The van der Waals surface area contributed by atoms with Crippen molar-refractivity contribution in [3.05, 3.63) is 35.4 Å². The molecule has 1 atom stereocenters. The van der Waals surface area contributed by atoms with Gasteiger partial charge < -0.3 is 10.4 Å². The molecule has 0 heterocycles. The average Bonchev–Trinajstić information content (AvgIpc) is 2.37. The number of carbonyl (C=O) groups excluding carboxylic acids is 1. The maximum Gasteiger partial charge on any atom is 0.251 e. The summed E-state index contributed by atoms with van der Waals surface area (Å²) in [6, 6.07) is 7.70. The molecule has 1 unspecified atom stereocenters. The topological polar surface area (TPSA) is 49.3 Å². The van der Waals surface area contributed by atoms with Crippen LogP contribution in [0.25, 0.3) is 0 Å². The van der Waals surface area contributed by atoms with Gasteiger partial charge in [0.15, 0.2) is 0 Å². The van der Waals surface area contributed by atoms with E-state index in [1.54, 1.807) is 0 Å². The highest BCUT2D eigenvalue weighted by Crippen LogP contribution is 2.22. The Balaban J connectivity index is 2.54. The van der Waals surface area contributed by atoms with Gasteiger partial charge in [-0.05, 0) is 36.0 Å². The van der Waals surface area contributed by atoms with Crippen LogP contribution >= 0.6 is 0 Å². The number of hydrogen-bond acceptors (Lipinski definition) is 2. The lowest BCUT2D eigenvalue weighted by Gasteiger charge is -2.19. The second-order valence-corrected chi connectivity index (χ2v) is 5.93. The van der Waals surface area contributed by atoms with E-state index in [9.17, 15) is 9.90 Å². The fraction of sp³-hybridized carbons (Fsp3) is 0.562. The zero-order valence-corrected chi connectivity index (χ0v) is 12.4. The van der Waals surface area contributed by atoms with Crippen LogP contribution in [-0.2, 0) is 5.41 Å². The van der Waals surface area contributed by atoms with Gasteiger partial charge in [-0.3, -0.25) is 4.79 Å². The number of amides is 1. The fourth-order valence-corrected chi connectivity index (χ4v) is 1.78. The van der Waals surface area contributed by atoms with Gasteiger partial charge in [-0.2, -0.15) is 0 Å². The van der Waals surface area contributed by atoms with Gasteiger partial charge in [-0.1, -0.05) is 39.8 Å². The van der Waals surface area contributed by atoms with Crippen molar-refractivity contribution < 1.29 is 9.90 Å². The SMILES string of the molecule is CCC(O)CCNC(=O)c1ccc(C(C)(C)C)cc1. The Morgan fingerprint density at radius 1 is 1.26 bits per heavy atom. The van der Waals surface area contributed by atoms with Crippen molar-refractivity contribution in [3.8, 4) is 0 Å². The first-order valence-corrected chi connectivity index (χ1v) is 6.91. The van der Waals surface area contributed by atoms with Crippen molar-refractivity contribution in [2.24, 2.45) is 0 Å². The Labute approximate surface area is 116 Å². The first kappa shape index (κ1) is 15.7. The molecule has 0 fully saturated rings. The Bertz CT molecular complexity index is 404. The van der Waals surface area contributed by atoms with Crippen LogP contribution in [0.15, 0.2) is 24.3 Å². The highest BCUT2D eigenvalue weighted by molar-refractivity contribution is 5.94. The molecule has 0 saturated heterocycles. The third-order valence-electron chi connectivity index (χ3n) is 3.25. The van der Waals surface area contributed by atoms with Gasteiger partial charge in [0.05, 0.1) is 6.10 Å². The van der Waals surface area contributed by atoms with E-state index in [-0.39, 0.29) is 17.4 Å². The maximum absolute atomic E-state index is 11.9. The zero-order valence-electron chi connectivity index (χ0n) is 12.4. The minimum absolute atomic E-state index is 0.0798. The second-order valence-electron chi connectivity index (χ2n) is 5.93. The van der Waals surface area contributed by atoms with Crippen molar-refractivity contribution in [2.75, 3.05) is 6.54 Å². The van der Waals surface area contributed by atoms with Crippen LogP contribution in [0.1, 0.15) is 56.5 Å². The summed E-state index contributed by atoms with van der Waals surface area (Å²) in [5, 5.41) is 12.2. The molecule has 0 aliphatic rings. The molecule has 0 spiro atoms. The number of nitrogens with one attached hydrogen (secondary N) is 1. The smallest absolute Gasteiger partial charge is 0.251 e. The molecule has 2 N–H and O–H groups in total. The Morgan fingerprint density at radius 2 is 1.84 bits per heavy atom. The number of hydrogen-bond donors (Lipinski definition) is 2. The molecular formula is C16H25NO2. The number of aliphatic hydroxyl groups is 1. The van der Waals surface area contributed by atoms with E-state index < -0.39 is 0 Å². The monoisotopic (exact) mass is 263 g/mol. The molecular weight excluding hydrogens is 238 g/mol. The predicted molar refractivity (Wildman–Crippen MR) is 78.4 cm³/mol. The van der Waals surface area contributed by atoms with Crippen LogP contribution in [-0.4, -0.2) is 23.7 Å². The van der Waals surface area contributed by atoms with Crippen molar-refractivity contribution in [2.45, 2.75) is 52.1 Å². The van der Waals surface area contributed by atoms with Gasteiger partial charge in [0.25, 0.3) is 5.91 Å². The summed E-state index contributed by atoms with van der Waals surface area (Å²) < 4.78 is 0. The minimum Gasteiger partial charge on any atom is -0.393 e. The molecule has 1 amide bonds. The van der Waals surface area contributed by atoms with E-state index in [1.165, 1.54) is 5.56 Å². The molecule has 19 heavy (non-hydrogen) atoms. The van der Waals surface area contributed by atoms with Gasteiger partial charge in [-0.15, -0.1) is 0 Å². The standard InChI is InChI=1S/C16H25NO2/c1-5-14(18)10-11-17-15(19)12-6-8-13(9-7-12)16(2,3)4/h6-9,14,18H,5,10-11H2,1-4H3,(H,17,19). The van der Waals surface area contributed by atoms with Crippen LogP contribution in [0.3, 0.4) is 0 Å². The number of carbonyl (C=O) groups is 1. The summed E-state index contributed by atoms with van der Waals surface area (Å²) in [5.41, 5.74) is 1.98. The zero-order chi connectivity index (χ0) is 14.5. The average molecular weight is 263 g/mol. The summed E-state index contributed by atoms with van der Waals surface area (Å²) >= 11 is 0. The van der Waals surface area contributed by atoms with Crippen molar-refractivity contribution in [1.29, 1.82) is 0 Å². The molecule has 1 rings (SSSR count). The van der Waals surface area contributed by atoms with Gasteiger partial charge >= 0.3 is 0 Å². The van der Waals surface area contributed by atoms with Gasteiger partial charge in [0.1, 0.15) is 0 Å². The molecule has 1 aromatic carbocycles. The highest BCUT2D eigenvalue weighted by Gasteiger charge is 2.14. The Morgan fingerprint density at radius 3 is 2.32 bits per heavy atom. The Hall–Kier alpha value is -1.35. The third kappa shape index (κ3) is 5.03. The van der Waals surface area contributed by atoms with E-state index in [1.807, 2.05) is 31.2 Å². The molecule has 0 saturated carbocycles. The highest BCUT2D eigenvalue weighted by atomic mass is 16.3. The van der Waals surface area contributed by atoms with Crippen LogP contribution in [0.2, 0.25) is 0 Å². The van der Waals surface area contributed by atoms with Gasteiger partial charge in [0.2, 0.25) is 0 Å². The summed E-state index contributed by atoms with van der Waals surface area (Å²) in [6.45, 7) is 8.88. The van der Waals surface area contributed by atoms with Crippen molar-refractivity contribution >= 4 is 5.91 Å². The minimum atomic E-state index is -0.330. The number of aliphatic hydroxyl groups excluding tert-OH is 1. The normalized spacial score (nSPS) is 13.1. The quantitative estimate of drug-likeness (QED) is 0.858. The van der Waals surface area contributed by atoms with Crippen LogP contribution in [0.5, 0.6) is 0 Å². The number of rotatable bonds is 5. The van der Waals surface area contributed by atoms with Crippen molar-refractivity contribution in [3.63, 3.8) is 0 Å². The summed E-state index contributed by atoms with van der Waals surface area (Å²) in [5.74, 6) is -0.0798. The summed E-state index contributed by atoms with van der Waals surface area (Å²) in [4.78, 5) is 11.9. The first-order chi connectivity index (χ1) is 8.84. The first-order valence-electron chi connectivity index (χ1n) is 6.91. The largest absolute Gasteiger partial charge is 0.393 e. The van der Waals surface area contributed by atoms with Gasteiger partial charge in [0, 0.05) is 12.1 Å². The molecule has 0 aliphatic carbocycles. The molecule has 0 aromatic heterocycles. The van der Waals surface area contributed by atoms with Crippen molar-refractivity contribution in [1.82, 2.24) is 5.32 Å². The van der Waals surface area contributed by atoms with E-state index in [2.05, 4.69) is 26.1 Å². The molecule has 0 aliphatic heterocycles. The Kier molecular flexibility index (Phi) is 5.55. The molecule has 0 radical (unpaired) electrons. The van der Waals surface area contributed by atoms with E-state index in [0.717, 1.165) is 6.42 Å². The second kappa shape index (κ2) is 6.71. The summed E-state index contributed by atoms with van der Waals surface area (Å²) in [7, 11) is 0. The lowest BCUT2D eigenvalue weighted by atomic mass is 9.87. The molecule has 3 heteroatoms. The fourth-order valence-electron chi connectivity index (χ4n) is 1.78. The predicted octanol–water partition coefficient (Wildman–Crippen LogP) is 2.87.